The van der Waals surface area contributed by atoms with Gasteiger partial charge in [-0.3, -0.25) is 0 Å². The minimum absolute atomic E-state index is 0.0721. The van der Waals surface area contributed by atoms with Gasteiger partial charge in [-0.15, -0.1) is 0 Å². The van der Waals surface area contributed by atoms with E-state index in [1.54, 1.807) is 0 Å². The van der Waals surface area contributed by atoms with E-state index in [4.69, 9.17) is 10.7 Å². The average molecular weight is 311 g/mol. The van der Waals surface area contributed by atoms with Gasteiger partial charge >= 0.3 is 0 Å². The molecule has 0 heterocycles. The van der Waals surface area contributed by atoms with Gasteiger partial charge in [0.2, 0.25) is 0 Å². The van der Waals surface area contributed by atoms with Crippen molar-refractivity contribution in [2.45, 2.75) is 64.8 Å². The van der Waals surface area contributed by atoms with Crippen molar-refractivity contribution in [3.63, 3.8) is 0 Å². The summed E-state index contributed by atoms with van der Waals surface area (Å²) in [6, 6.07) is 8.26. The van der Waals surface area contributed by atoms with Gasteiger partial charge in [0.05, 0.1) is 5.54 Å². The first kappa shape index (κ1) is 15.0. The number of hydrogen-bond acceptors (Lipinski definition) is 1. The lowest BCUT2D eigenvalue weighted by molar-refractivity contribution is -0.104. The molecule has 3 heteroatoms. The van der Waals surface area contributed by atoms with E-state index < -0.39 is 0 Å². The van der Waals surface area contributed by atoms with Crippen LogP contribution >= 0.6 is 0 Å². The van der Waals surface area contributed by atoms with Crippen LogP contribution in [0.1, 0.15) is 57.9 Å². The summed E-state index contributed by atoms with van der Waals surface area (Å²) >= 11 is 0. The molecule has 0 spiro atoms. The number of aliphatic imine (C=N–C) groups is 1. The Labute approximate surface area is 139 Å². The molecule has 1 aromatic rings. The summed E-state index contributed by atoms with van der Waals surface area (Å²) < 4.78 is 0. The Hall–Kier alpha value is -1.51. The summed E-state index contributed by atoms with van der Waals surface area (Å²) in [6.07, 6.45) is 7.81. The van der Waals surface area contributed by atoms with Gasteiger partial charge in [-0.05, 0) is 73.8 Å². The second kappa shape index (κ2) is 4.75. The first-order chi connectivity index (χ1) is 10.8. The van der Waals surface area contributed by atoms with Crippen LogP contribution in [0.2, 0.25) is 0 Å². The summed E-state index contributed by atoms with van der Waals surface area (Å²) in [7, 11) is 0. The topological polar surface area (TPSA) is 50.4 Å². The van der Waals surface area contributed by atoms with Crippen LogP contribution in [0.3, 0.4) is 0 Å². The predicted octanol–water partition coefficient (Wildman–Crippen LogP) is 4.47. The predicted molar refractivity (Wildman–Crippen MR) is 96.6 cm³/mol. The third kappa shape index (κ3) is 2.64. The smallest absolute Gasteiger partial charge is 0.193 e. The molecule has 3 nitrogen and oxygen atoms in total. The number of anilines is 1. The van der Waals surface area contributed by atoms with Gasteiger partial charge in [0.15, 0.2) is 5.96 Å². The normalized spacial score (nSPS) is 42.0. The summed E-state index contributed by atoms with van der Waals surface area (Å²) in [5.74, 6) is 1.43. The van der Waals surface area contributed by atoms with Crippen molar-refractivity contribution in [2.75, 3.05) is 5.32 Å². The van der Waals surface area contributed by atoms with Crippen molar-refractivity contribution in [2.24, 2.45) is 27.5 Å². The van der Waals surface area contributed by atoms with Crippen LogP contribution in [-0.4, -0.2) is 11.5 Å². The van der Waals surface area contributed by atoms with E-state index in [1.807, 2.05) is 6.07 Å². The van der Waals surface area contributed by atoms with Gasteiger partial charge in [-0.2, -0.15) is 0 Å². The van der Waals surface area contributed by atoms with E-state index in [0.29, 0.717) is 16.8 Å². The molecule has 0 amide bonds. The molecule has 4 aliphatic rings. The quantitative estimate of drug-likeness (QED) is 0.625. The highest BCUT2D eigenvalue weighted by atomic mass is 15.1. The van der Waals surface area contributed by atoms with Gasteiger partial charge < -0.3 is 11.1 Å². The van der Waals surface area contributed by atoms with Crippen molar-refractivity contribution < 1.29 is 0 Å². The third-order valence-electron chi connectivity index (χ3n) is 6.36. The Morgan fingerprint density at radius 1 is 1.09 bits per heavy atom. The number of nitrogens with two attached hydrogens (primary N) is 1. The summed E-state index contributed by atoms with van der Waals surface area (Å²) in [6.45, 7) is 7.05. The van der Waals surface area contributed by atoms with Crippen LogP contribution in [0.5, 0.6) is 0 Å². The summed E-state index contributed by atoms with van der Waals surface area (Å²) in [4.78, 5) is 5.08. The lowest BCUT2D eigenvalue weighted by atomic mass is 9.43. The number of rotatable bonds is 2. The zero-order chi connectivity index (χ0) is 16.3. The van der Waals surface area contributed by atoms with Gasteiger partial charge in [0, 0.05) is 5.69 Å². The fourth-order valence-electron chi connectivity index (χ4n) is 6.65. The first-order valence-corrected chi connectivity index (χ1v) is 8.97. The van der Waals surface area contributed by atoms with Crippen LogP contribution < -0.4 is 11.1 Å². The average Bonchev–Trinajstić information content (AvgIpc) is 2.36. The summed E-state index contributed by atoms with van der Waals surface area (Å²) in [5, 5.41) is 3.34. The number of nitrogens with zero attached hydrogens (tertiary/aromatic N) is 1. The number of nitrogens with one attached hydrogen (secondary N) is 1. The molecule has 0 radical (unpaired) electrons. The van der Waals surface area contributed by atoms with E-state index in [0.717, 1.165) is 11.6 Å². The third-order valence-corrected chi connectivity index (χ3v) is 6.36. The van der Waals surface area contributed by atoms with Gasteiger partial charge in [-0.1, -0.05) is 32.0 Å². The molecular weight excluding hydrogens is 282 g/mol. The molecule has 1 aromatic carbocycles. The number of para-hydroxylation sites is 1. The fourth-order valence-corrected chi connectivity index (χ4v) is 6.65. The zero-order valence-electron chi connectivity index (χ0n) is 14.7. The molecule has 0 saturated heterocycles. The van der Waals surface area contributed by atoms with Crippen LogP contribution in [0.15, 0.2) is 29.3 Å². The molecule has 0 aromatic heterocycles. The van der Waals surface area contributed by atoms with Crippen molar-refractivity contribution in [3.05, 3.63) is 29.8 Å². The minimum Gasteiger partial charge on any atom is -0.370 e. The molecule has 23 heavy (non-hydrogen) atoms. The molecule has 4 saturated carbocycles. The highest BCUT2D eigenvalue weighted by Gasteiger charge is 2.60. The second-order valence-electron chi connectivity index (χ2n) is 9.29. The number of benzene rings is 1. The van der Waals surface area contributed by atoms with Gasteiger partial charge in [0.1, 0.15) is 0 Å². The Morgan fingerprint density at radius 3 is 2.35 bits per heavy atom. The van der Waals surface area contributed by atoms with Gasteiger partial charge in [-0.25, -0.2) is 4.99 Å². The maximum Gasteiger partial charge on any atom is 0.193 e. The molecule has 2 unspecified atom stereocenters. The zero-order valence-corrected chi connectivity index (χ0v) is 14.7. The van der Waals surface area contributed by atoms with E-state index in [1.165, 1.54) is 44.1 Å². The van der Waals surface area contributed by atoms with Crippen molar-refractivity contribution in [1.29, 1.82) is 0 Å². The van der Waals surface area contributed by atoms with Crippen molar-refractivity contribution in [3.8, 4) is 0 Å². The lowest BCUT2D eigenvalue weighted by Gasteiger charge is -2.64. The Kier molecular flexibility index (Phi) is 3.11. The molecular formula is C20H29N3. The maximum absolute atomic E-state index is 6.32. The lowest BCUT2D eigenvalue weighted by Crippen LogP contribution is -2.58. The minimum atomic E-state index is 0.0721. The van der Waals surface area contributed by atoms with E-state index >= 15 is 0 Å². The van der Waals surface area contributed by atoms with Crippen LogP contribution in [0.25, 0.3) is 0 Å². The molecule has 0 aliphatic heterocycles. The molecule has 4 aliphatic carbocycles. The SMILES string of the molecule is Cc1ccccc1NC(N)=NC12CC3C[C@@](C)(C1)C[C@](C)(C3)C2. The van der Waals surface area contributed by atoms with Crippen molar-refractivity contribution in [1.82, 2.24) is 0 Å². The van der Waals surface area contributed by atoms with E-state index in [2.05, 4.69) is 44.3 Å². The Morgan fingerprint density at radius 2 is 1.74 bits per heavy atom. The maximum atomic E-state index is 6.32. The van der Waals surface area contributed by atoms with Crippen LogP contribution in [0.4, 0.5) is 5.69 Å². The van der Waals surface area contributed by atoms with E-state index in [9.17, 15) is 0 Å². The monoisotopic (exact) mass is 311 g/mol. The van der Waals surface area contributed by atoms with Crippen LogP contribution in [-0.2, 0) is 0 Å². The Bertz CT molecular complexity index is 645. The molecule has 4 bridgehead atoms. The van der Waals surface area contributed by atoms with Gasteiger partial charge in [0.25, 0.3) is 0 Å². The summed E-state index contributed by atoms with van der Waals surface area (Å²) in [5.41, 5.74) is 9.61. The fraction of sp³-hybridized carbons (Fsp3) is 0.650. The molecule has 4 fully saturated rings. The second-order valence-corrected chi connectivity index (χ2v) is 9.29. The highest BCUT2D eigenvalue weighted by molar-refractivity contribution is 5.93. The van der Waals surface area contributed by atoms with Crippen molar-refractivity contribution >= 4 is 11.6 Å². The van der Waals surface area contributed by atoms with Crippen LogP contribution in [0, 0.1) is 23.7 Å². The largest absolute Gasteiger partial charge is 0.370 e. The van der Waals surface area contributed by atoms with E-state index in [-0.39, 0.29) is 5.54 Å². The molecule has 124 valence electrons. The highest BCUT2D eigenvalue weighted by Crippen LogP contribution is 2.67. The number of guanidine groups is 1. The molecule has 4 atom stereocenters. The number of hydrogen-bond donors (Lipinski definition) is 2. The number of aryl methyl sites for hydroxylation is 1. The first-order valence-electron chi connectivity index (χ1n) is 8.97. The Balaban J connectivity index is 1.61. The standard InChI is InChI=1S/C20H29N3/c1-14-6-4-5-7-16(14)22-17(21)23-20-10-15-8-18(2,12-20)11-19(3,9-15)13-20/h4-7,15H,8-13H2,1-3H3,(H3,21,22,23)/t15?,18-,19+,20?. The molecule has 3 N–H and O–H groups in total. The molecule has 5 rings (SSSR count).